The van der Waals surface area contributed by atoms with E-state index in [4.69, 9.17) is 11.6 Å². The molecule has 1 aliphatic heterocycles. The molecule has 1 aromatic rings. The summed E-state index contributed by atoms with van der Waals surface area (Å²) in [6, 6.07) is 7.24. The van der Waals surface area contributed by atoms with Gasteiger partial charge in [0, 0.05) is 10.6 Å². The molecule has 2 amide bonds. The predicted molar refractivity (Wildman–Crippen MR) is 85.6 cm³/mol. The molecule has 0 aromatic heterocycles. The lowest BCUT2D eigenvalue weighted by molar-refractivity contribution is -0.140. The van der Waals surface area contributed by atoms with Crippen molar-refractivity contribution in [3.63, 3.8) is 0 Å². The molecule has 1 heterocycles. The SMILES string of the molecule is O=C1[C@@H]2[C@@H]3C=C[C@H]([C@H]4C[C@H]34)[C@@H]2C(=O)N1/N=C/c1ccccc1Cl. The van der Waals surface area contributed by atoms with Gasteiger partial charge in [-0.25, -0.2) is 0 Å². The highest BCUT2D eigenvalue weighted by Gasteiger charge is 2.67. The molecule has 6 atom stereocenters. The molecule has 0 unspecified atom stereocenters. The van der Waals surface area contributed by atoms with Crippen LogP contribution in [0.3, 0.4) is 0 Å². The highest BCUT2D eigenvalue weighted by Crippen LogP contribution is 2.65. The van der Waals surface area contributed by atoms with Gasteiger partial charge in [0.25, 0.3) is 11.8 Å². The largest absolute Gasteiger partial charge is 0.272 e. The van der Waals surface area contributed by atoms with Crippen LogP contribution in [0.25, 0.3) is 0 Å². The van der Waals surface area contributed by atoms with Crippen LogP contribution in [0.1, 0.15) is 12.0 Å². The minimum absolute atomic E-state index is 0.145. The Morgan fingerprint density at radius 1 is 1.04 bits per heavy atom. The minimum Gasteiger partial charge on any atom is -0.272 e. The van der Waals surface area contributed by atoms with Gasteiger partial charge in [0.2, 0.25) is 0 Å². The predicted octanol–water partition coefficient (Wildman–Crippen LogP) is 2.73. The molecule has 1 aromatic carbocycles. The second kappa shape index (κ2) is 4.54. The highest BCUT2D eigenvalue weighted by molar-refractivity contribution is 6.33. The van der Waals surface area contributed by atoms with E-state index in [0.29, 0.717) is 22.4 Å². The fourth-order valence-electron chi connectivity index (χ4n) is 4.75. The van der Waals surface area contributed by atoms with Crippen molar-refractivity contribution < 1.29 is 9.59 Å². The maximum Gasteiger partial charge on any atom is 0.254 e. The third-order valence-electron chi connectivity index (χ3n) is 5.86. The number of allylic oxidation sites excluding steroid dienone is 2. The summed E-state index contributed by atoms with van der Waals surface area (Å²) >= 11 is 6.10. The number of rotatable bonds is 2. The second-order valence-electron chi connectivity index (χ2n) is 6.91. The van der Waals surface area contributed by atoms with Crippen LogP contribution >= 0.6 is 11.6 Å². The summed E-state index contributed by atoms with van der Waals surface area (Å²) < 4.78 is 0. The molecule has 5 heteroatoms. The summed E-state index contributed by atoms with van der Waals surface area (Å²) in [6.07, 6.45) is 6.99. The number of hydrogen-bond donors (Lipinski definition) is 0. The van der Waals surface area contributed by atoms with Crippen LogP contribution in [0.5, 0.6) is 0 Å². The van der Waals surface area contributed by atoms with Crippen molar-refractivity contribution in [3.8, 4) is 0 Å². The molecule has 5 aliphatic rings. The van der Waals surface area contributed by atoms with E-state index < -0.39 is 0 Å². The topological polar surface area (TPSA) is 49.7 Å². The Balaban J connectivity index is 1.47. The first-order valence-electron chi connectivity index (χ1n) is 8.01. The molecule has 3 fully saturated rings. The summed E-state index contributed by atoms with van der Waals surface area (Å²) in [5.41, 5.74) is 0.702. The van der Waals surface area contributed by atoms with Crippen molar-refractivity contribution in [3.05, 3.63) is 47.0 Å². The normalized spacial score (nSPS) is 40.0. The molecule has 6 rings (SSSR count). The third-order valence-corrected chi connectivity index (χ3v) is 6.20. The molecule has 0 spiro atoms. The van der Waals surface area contributed by atoms with Crippen LogP contribution in [-0.2, 0) is 9.59 Å². The average Bonchev–Trinajstić information content (AvgIpc) is 3.33. The zero-order valence-corrected chi connectivity index (χ0v) is 13.1. The summed E-state index contributed by atoms with van der Waals surface area (Å²) in [4.78, 5) is 25.5. The van der Waals surface area contributed by atoms with Crippen molar-refractivity contribution in [2.45, 2.75) is 6.42 Å². The Hall–Kier alpha value is -1.94. The van der Waals surface area contributed by atoms with Gasteiger partial charge in [0.15, 0.2) is 0 Å². The Morgan fingerprint density at radius 2 is 1.65 bits per heavy atom. The van der Waals surface area contributed by atoms with Crippen molar-refractivity contribution in [1.82, 2.24) is 5.01 Å². The highest BCUT2D eigenvalue weighted by atomic mass is 35.5. The standard InChI is InChI=1S/C18H15ClN2O2/c19-14-4-2-1-3-9(14)8-20-21-17(22)15-10-5-6-11(13-7-12(10)13)16(15)18(21)23/h1-6,8,10-13,15-16H,7H2/b20-8+/t10-,11-,12-,13-,15-,16+/m1/s1. The zero-order chi connectivity index (χ0) is 15.7. The van der Waals surface area contributed by atoms with Crippen LogP contribution in [-0.4, -0.2) is 23.0 Å². The van der Waals surface area contributed by atoms with E-state index in [1.807, 2.05) is 18.2 Å². The molecule has 1 saturated heterocycles. The number of benzene rings is 1. The summed E-state index contributed by atoms with van der Waals surface area (Å²) in [5, 5.41) is 5.81. The van der Waals surface area contributed by atoms with E-state index in [2.05, 4.69) is 17.3 Å². The quantitative estimate of drug-likeness (QED) is 0.476. The number of imide groups is 1. The number of hydrogen-bond acceptors (Lipinski definition) is 3. The van der Waals surface area contributed by atoms with E-state index in [9.17, 15) is 9.59 Å². The molecular formula is C18H15ClN2O2. The van der Waals surface area contributed by atoms with Crippen molar-refractivity contribution in [1.29, 1.82) is 0 Å². The zero-order valence-electron chi connectivity index (χ0n) is 12.3. The van der Waals surface area contributed by atoms with Gasteiger partial charge >= 0.3 is 0 Å². The van der Waals surface area contributed by atoms with Crippen LogP contribution in [0.2, 0.25) is 5.02 Å². The van der Waals surface area contributed by atoms with E-state index >= 15 is 0 Å². The van der Waals surface area contributed by atoms with Gasteiger partial charge in [-0.15, -0.1) is 0 Å². The summed E-state index contributed by atoms with van der Waals surface area (Å²) in [7, 11) is 0. The maximum atomic E-state index is 12.7. The fourth-order valence-corrected chi connectivity index (χ4v) is 4.94. The fraction of sp³-hybridized carbons (Fsp3) is 0.389. The Morgan fingerprint density at radius 3 is 2.26 bits per heavy atom. The number of carbonyl (C=O) groups is 2. The minimum atomic E-state index is -0.204. The van der Waals surface area contributed by atoms with Gasteiger partial charge in [-0.1, -0.05) is 42.0 Å². The van der Waals surface area contributed by atoms with Gasteiger partial charge in [0.05, 0.1) is 18.1 Å². The first-order chi connectivity index (χ1) is 11.2. The van der Waals surface area contributed by atoms with E-state index in [0.717, 1.165) is 5.01 Å². The molecule has 4 nitrogen and oxygen atoms in total. The number of hydrazone groups is 1. The van der Waals surface area contributed by atoms with E-state index in [1.54, 1.807) is 6.07 Å². The maximum absolute atomic E-state index is 12.7. The van der Waals surface area contributed by atoms with Gasteiger partial charge in [-0.3, -0.25) is 9.59 Å². The molecular weight excluding hydrogens is 312 g/mol. The lowest BCUT2D eigenvalue weighted by Gasteiger charge is -2.37. The van der Waals surface area contributed by atoms with Gasteiger partial charge in [-0.05, 0) is 36.2 Å². The van der Waals surface area contributed by atoms with Gasteiger partial charge < -0.3 is 0 Å². The van der Waals surface area contributed by atoms with Crippen molar-refractivity contribution in [2.75, 3.05) is 0 Å². The first kappa shape index (κ1) is 13.5. The summed E-state index contributed by atoms with van der Waals surface area (Å²) in [5.74, 6) is 0.972. The lowest BCUT2D eigenvalue weighted by atomic mass is 9.63. The summed E-state index contributed by atoms with van der Waals surface area (Å²) in [6.45, 7) is 0. The molecule has 116 valence electrons. The van der Waals surface area contributed by atoms with E-state index in [1.165, 1.54) is 12.6 Å². The van der Waals surface area contributed by atoms with Crippen LogP contribution in [0.4, 0.5) is 0 Å². The molecule has 0 N–H and O–H groups in total. The van der Waals surface area contributed by atoms with Crippen molar-refractivity contribution in [2.24, 2.45) is 40.6 Å². The molecule has 23 heavy (non-hydrogen) atoms. The monoisotopic (exact) mass is 326 g/mol. The molecule has 2 saturated carbocycles. The van der Waals surface area contributed by atoms with E-state index in [-0.39, 0.29) is 35.5 Å². The van der Waals surface area contributed by atoms with Crippen molar-refractivity contribution >= 4 is 29.6 Å². The van der Waals surface area contributed by atoms with Crippen LogP contribution in [0, 0.1) is 35.5 Å². The smallest absolute Gasteiger partial charge is 0.254 e. The molecule has 4 aliphatic carbocycles. The number of amides is 2. The number of nitrogens with zero attached hydrogens (tertiary/aromatic N) is 2. The third kappa shape index (κ3) is 1.75. The number of carbonyl (C=O) groups excluding carboxylic acids is 2. The Kier molecular flexibility index (Phi) is 2.66. The Bertz CT molecular complexity index is 751. The first-order valence-corrected chi connectivity index (χ1v) is 8.39. The second-order valence-corrected chi connectivity index (χ2v) is 7.32. The molecule has 0 radical (unpaired) electrons. The lowest BCUT2D eigenvalue weighted by Crippen LogP contribution is -2.40. The number of halogens is 1. The van der Waals surface area contributed by atoms with Gasteiger partial charge in [0.1, 0.15) is 0 Å². The van der Waals surface area contributed by atoms with Crippen LogP contribution < -0.4 is 0 Å². The van der Waals surface area contributed by atoms with Crippen LogP contribution in [0.15, 0.2) is 41.5 Å². The molecule has 2 bridgehead atoms. The Labute approximate surface area is 138 Å². The van der Waals surface area contributed by atoms with Gasteiger partial charge in [-0.2, -0.15) is 10.1 Å². The average molecular weight is 327 g/mol.